The minimum atomic E-state index is -0.331. The minimum Gasteiger partial charge on any atom is -0.497 e. The molecule has 1 fully saturated rings. The highest BCUT2D eigenvalue weighted by molar-refractivity contribution is 14.1. The Bertz CT molecular complexity index is 1030. The molecule has 2 N–H and O–H groups in total. The van der Waals surface area contributed by atoms with Crippen LogP contribution in [0.2, 0.25) is 0 Å². The summed E-state index contributed by atoms with van der Waals surface area (Å²) in [5.41, 5.74) is 4.54. The van der Waals surface area contributed by atoms with Crippen LogP contribution in [0.4, 0.5) is 21.5 Å². The van der Waals surface area contributed by atoms with Crippen molar-refractivity contribution >= 4 is 45.2 Å². The van der Waals surface area contributed by atoms with Crippen molar-refractivity contribution in [1.29, 1.82) is 0 Å². The van der Waals surface area contributed by atoms with Crippen LogP contribution in [-0.2, 0) is 4.74 Å². The number of aliphatic hydroxyl groups excluding tert-OH is 1. The molecule has 1 saturated carbocycles. The van der Waals surface area contributed by atoms with E-state index in [1.165, 1.54) is 6.07 Å². The average molecular weight is 522 g/mol. The fourth-order valence-electron chi connectivity index (χ4n) is 3.83. The van der Waals surface area contributed by atoms with Gasteiger partial charge in [-0.2, -0.15) is 0 Å². The van der Waals surface area contributed by atoms with Crippen LogP contribution < -0.4 is 15.0 Å². The van der Waals surface area contributed by atoms with Gasteiger partial charge in [0.05, 0.1) is 36.5 Å². The van der Waals surface area contributed by atoms with Crippen LogP contribution in [0.3, 0.4) is 0 Å². The molecule has 0 amide bonds. The Morgan fingerprint density at radius 2 is 2.03 bits per heavy atom. The first-order chi connectivity index (χ1) is 14.4. The molecule has 1 aliphatic carbocycles. The van der Waals surface area contributed by atoms with Crippen LogP contribution in [0.5, 0.6) is 5.75 Å². The van der Waals surface area contributed by atoms with Gasteiger partial charge in [0.25, 0.3) is 0 Å². The lowest BCUT2D eigenvalue weighted by Crippen LogP contribution is -2.30. The van der Waals surface area contributed by atoms with E-state index in [2.05, 4.69) is 39.4 Å². The first-order valence-electron chi connectivity index (χ1n) is 9.82. The number of nitrogens with zero attached hydrogens (tertiary/aromatic N) is 1. The molecule has 0 unspecified atom stereocenters. The first-order valence-corrected chi connectivity index (χ1v) is 10.9. The maximum Gasteiger partial charge on any atom is 0.147 e. The second-order valence-electron chi connectivity index (χ2n) is 7.38. The third-order valence-electron chi connectivity index (χ3n) is 5.30. The van der Waals surface area contributed by atoms with Gasteiger partial charge in [0.2, 0.25) is 0 Å². The summed E-state index contributed by atoms with van der Waals surface area (Å²) in [6, 6.07) is 9.26. The molecule has 0 saturated heterocycles. The Morgan fingerprint density at radius 1 is 1.27 bits per heavy atom. The standard InChI is InChI=1S/C23H24FIN2O3/c1-13-22-20(26-19-7-4-15(25)10-18(19)24)11-17(29-3)12-21(22)27(16-5-6-16)14(2)23(13)30-9-8-28/h4,7,10-12,16,26,28H,1,5-6,8-9H2,2-3H3. The molecule has 2 aromatic rings. The normalized spacial score (nSPS) is 15.9. The molecule has 0 aromatic heterocycles. The Hall–Kier alpha value is -2.26. The quantitative estimate of drug-likeness (QED) is 0.476. The van der Waals surface area contributed by atoms with Gasteiger partial charge in [0.1, 0.15) is 23.9 Å². The molecule has 0 atom stereocenters. The first kappa shape index (κ1) is 21.0. The second kappa shape index (κ2) is 8.47. The number of hydrogen-bond donors (Lipinski definition) is 2. The number of hydrogen-bond acceptors (Lipinski definition) is 5. The molecule has 0 spiro atoms. The maximum absolute atomic E-state index is 14.6. The lowest BCUT2D eigenvalue weighted by atomic mass is 9.94. The van der Waals surface area contributed by atoms with E-state index in [0.29, 0.717) is 34.5 Å². The van der Waals surface area contributed by atoms with Gasteiger partial charge in [-0.05, 0) is 60.6 Å². The SMILES string of the molecule is C=C1C(OCCO)=C(C)N(C2CC2)c2cc(OC)cc(Nc3ccc(I)cc3F)c21. The van der Waals surface area contributed by atoms with Gasteiger partial charge in [-0.15, -0.1) is 0 Å². The van der Waals surface area contributed by atoms with Gasteiger partial charge in [-0.3, -0.25) is 0 Å². The monoisotopic (exact) mass is 522 g/mol. The predicted molar refractivity (Wildman–Crippen MR) is 126 cm³/mol. The molecule has 158 valence electrons. The number of ether oxygens (including phenoxy) is 2. The highest BCUT2D eigenvalue weighted by atomic mass is 127. The van der Waals surface area contributed by atoms with Crippen molar-refractivity contribution in [2.45, 2.75) is 25.8 Å². The molecule has 2 aromatic carbocycles. The van der Waals surface area contributed by atoms with Gasteiger partial charge >= 0.3 is 0 Å². The van der Waals surface area contributed by atoms with Crippen LogP contribution in [-0.4, -0.2) is 31.5 Å². The number of benzene rings is 2. The molecule has 0 bridgehead atoms. The third-order valence-corrected chi connectivity index (χ3v) is 5.97. The van der Waals surface area contributed by atoms with Crippen LogP contribution in [0.25, 0.3) is 5.57 Å². The molecule has 7 heteroatoms. The van der Waals surface area contributed by atoms with E-state index < -0.39 is 0 Å². The summed E-state index contributed by atoms with van der Waals surface area (Å²) in [7, 11) is 1.62. The fraction of sp³-hybridized carbons (Fsp3) is 0.304. The largest absolute Gasteiger partial charge is 0.497 e. The molecule has 2 aliphatic rings. The highest BCUT2D eigenvalue weighted by Crippen LogP contribution is 2.50. The number of halogens is 2. The van der Waals surface area contributed by atoms with Gasteiger partial charge < -0.3 is 24.8 Å². The molecule has 0 radical (unpaired) electrons. The van der Waals surface area contributed by atoms with Gasteiger partial charge in [0.15, 0.2) is 0 Å². The number of allylic oxidation sites excluding steroid dienone is 2. The maximum atomic E-state index is 14.6. The Morgan fingerprint density at radius 3 is 2.67 bits per heavy atom. The van der Waals surface area contributed by atoms with E-state index in [-0.39, 0.29) is 19.0 Å². The summed E-state index contributed by atoms with van der Waals surface area (Å²) in [5, 5.41) is 12.5. The van der Waals surface area contributed by atoms with Crippen LogP contribution >= 0.6 is 22.6 Å². The van der Waals surface area contributed by atoms with E-state index in [4.69, 9.17) is 9.47 Å². The van der Waals surface area contributed by atoms with Crippen LogP contribution in [0.15, 0.2) is 48.4 Å². The second-order valence-corrected chi connectivity index (χ2v) is 8.63. The summed E-state index contributed by atoms with van der Waals surface area (Å²) in [6.07, 6.45) is 2.17. The summed E-state index contributed by atoms with van der Waals surface area (Å²) in [5.74, 6) is 0.996. The summed E-state index contributed by atoms with van der Waals surface area (Å²) in [6.45, 7) is 6.39. The predicted octanol–water partition coefficient (Wildman–Crippen LogP) is 5.42. The lowest BCUT2D eigenvalue weighted by Gasteiger charge is -2.36. The van der Waals surface area contributed by atoms with Crippen molar-refractivity contribution in [3.05, 3.63) is 63.3 Å². The van der Waals surface area contributed by atoms with Crippen LogP contribution in [0, 0.1) is 9.39 Å². The number of rotatable bonds is 7. The van der Waals surface area contributed by atoms with Crippen molar-refractivity contribution in [2.24, 2.45) is 0 Å². The van der Waals surface area contributed by atoms with E-state index in [0.717, 1.165) is 33.4 Å². The van der Waals surface area contributed by atoms with E-state index in [9.17, 15) is 9.50 Å². The Balaban J connectivity index is 1.85. The van der Waals surface area contributed by atoms with Crippen LogP contribution in [0.1, 0.15) is 25.3 Å². The lowest BCUT2D eigenvalue weighted by molar-refractivity contribution is 0.151. The zero-order valence-electron chi connectivity index (χ0n) is 17.0. The van der Waals surface area contributed by atoms with Gasteiger partial charge in [-0.1, -0.05) is 6.58 Å². The van der Waals surface area contributed by atoms with Crippen molar-refractivity contribution in [3.63, 3.8) is 0 Å². The number of aliphatic hydroxyl groups is 1. The van der Waals surface area contributed by atoms with Crippen molar-refractivity contribution < 1.29 is 19.0 Å². The third kappa shape index (κ3) is 3.88. The summed E-state index contributed by atoms with van der Waals surface area (Å²) < 4.78 is 26.8. The zero-order chi connectivity index (χ0) is 21.4. The van der Waals surface area contributed by atoms with E-state index >= 15 is 0 Å². The smallest absolute Gasteiger partial charge is 0.147 e. The number of anilines is 3. The van der Waals surface area contributed by atoms with Crippen molar-refractivity contribution in [2.75, 3.05) is 30.5 Å². The Kier molecular flexibility index (Phi) is 5.92. The number of fused-ring (bicyclic) bond motifs is 1. The number of methoxy groups -OCH3 is 1. The molecular formula is C23H24FIN2O3. The minimum absolute atomic E-state index is 0.0814. The molecule has 1 heterocycles. The molecule has 4 rings (SSSR count). The van der Waals surface area contributed by atoms with Crippen molar-refractivity contribution in [3.8, 4) is 5.75 Å². The van der Waals surface area contributed by atoms with Gasteiger partial charge in [-0.25, -0.2) is 4.39 Å². The average Bonchev–Trinajstić information content (AvgIpc) is 3.54. The Labute approximate surface area is 189 Å². The van der Waals surface area contributed by atoms with E-state index in [1.54, 1.807) is 13.2 Å². The molecule has 1 aliphatic heterocycles. The summed E-state index contributed by atoms with van der Waals surface area (Å²) in [4.78, 5) is 2.24. The van der Waals surface area contributed by atoms with E-state index in [1.807, 2.05) is 25.1 Å². The van der Waals surface area contributed by atoms with Crippen molar-refractivity contribution in [1.82, 2.24) is 0 Å². The topological polar surface area (TPSA) is 54.0 Å². The fourth-order valence-corrected chi connectivity index (χ4v) is 4.28. The van der Waals surface area contributed by atoms with Gasteiger partial charge in [0, 0.05) is 32.9 Å². The summed E-state index contributed by atoms with van der Waals surface area (Å²) >= 11 is 2.09. The zero-order valence-corrected chi connectivity index (χ0v) is 19.1. The molecule has 5 nitrogen and oxygen atoms in total. The highest BCUT2D eigenvalue weighted by Gasteiger charge is 2.38. The molecular weight excluding hydrogens is 498 g/mol. The number of nitrogens with one attached hydrogen (secondary N) is 1. The molecule has 30 heavy (non-hydrogen) atoms.